The molecule has 3 aromatic rings. The van der Waals surface area contributed by atoms with Gasteiger partial charge in [0, 0.05) is 23.8 Å². The summed E-state index contributed by atoms with van der Waals surface area (Å²) in [6, 6.07) is 14.0. The average Bonchev–Trinajstić information content (AvgIpc) is 2.83. The van der Waals surface area contributed by atoms with E-state index >= 15 is 0 Å². The van der Waals surface area contributed by atoms with Gasteiger partial charge in [0.05, 0.1) is 16.8 Å². The van der Waals surface area contributed by atoms with Crippen LogP contribution in [-0.4, -0.2) is 15.0 Å². The van der Waals surface area contributed by atoms with Gasteiger partial charge in [-0.15, -0.1) is 0 Å². The summed E-state index contributed by atoms with van der Waals surface area (Å²) >= 11 is 1.43. The zero-order valence-corrected chi connectivity index (χ0v) is 18.4. The summed E-state index contributed by atoms with van der Waals surface area (Å²) in [6.07, 6.45) is 8.78. The van der Waals surface area contributed by atoms with Crippen molar-refractivity contribution in [2.45, 2.75) is 48.8 Å². The standard InChI is InChI=1S/C24H23N7S/c25-13-19-22(16-5-2-1-3-6-16)20(14-26)24(31-23(19)27)32-15-18-7-4-8-21(30-18)29-17-9-11-28-12-10-17/h4,7-12,16H,1-3,5-6,15H2,(H2,27,31)(H,28,29,30). The first-order valence-corrected chi connectivity index (χ1v) is 11.6. The zero-order valence-electron chi connectivity index (χ0n) is 17.6. The number of nitrogen functional groups attached to an aromatic ring is 1. The van der Waals surface area contributed by atoms with Crippen LogP contribution in [0.15, 0.2) is 47.8 Å². The highest BCUT2D eigenvalue weighted by Gasteiger charge is 2.27. The highest BCUT2D eigenvalue weighted by Crippen LogP contribution is 2.40. The normalized spacial score (nSPS) is 13.8. The Morgan fingerprint density at radius 3 is 2.47 bits per heavy atom. The van der Waals surface area contributed by atoms with E-state index in [4.69, 9.17) is 5.73 Å². The molecular weight excluding hydrogens is 418 g/mol. The van der Waals surface area contributed by atoms with Crippen molar-refractivity contribution in [3.05, 3.63) is 65.1 Å². The number of thioether (sulfide) groups is 1. The van der Waals surface area contributed by atoms with E-state index < -0.39 is 0 Å². The fraction of sp³-hybridized carbons (Fsp3) is 0.292. The van der Waals surface area contributed by atoms with Crippen LogP contribution >= 0.6 is 11.8 Å². The van der Waals surface area contributed by atoms with Gasteiger partial charge in [0.1, 0.15) is 28.8 Å². The van der Waals surface area contributed by atoms with Crippen molar-refractivity contribution in [1.82, 2.24) is 15.0 Å². The lowest BCUT2D eigenvalue weighted by molar-refractivity contribution is 0.442. The Morgan fingerprint density at radius 2 is 1.75 bits per heavy atom. The predicted octanol–water partition coefficient (Wildman–Crippen LogP) is 5.28. The topological polar surface area (TPSA) is 124 Å². The molecule has 3 aromatic heterocycles. The Kier molecular flexibility index (Phi) is 6.84. The molecule has 1 saturated carbocycles. The zero-order chi connectivity index (χ0) is 22.3. The van der Waals surface area contributed by atoms with Crippen LogP contribution in [0.2, 0.25) is 0 Å². The van der Waals surface area contributed by atoms with E-state index in [9.17, 15) is 10.5 Å². The minimum Gasteiger partial charge on any atom is -0.383 e. The average molecular weight is 442 g/mol. The third-order valence-corrected chi connectivity index (χ3v) is 6.59. The summed E-state index contributed by atoms with van der Waals surface area (Å²) in [5, 5.41) is 23.5. The molecule has 0 aliphatic heterocycles. The van der Waals surface area contributed by atoms with Gasteiger partial charge in [0.25, 0.3) is 0 Å². The maximum atomic E-state index is 9.96. The monoisotopic (exact) mass is 441 g/mol. The number of nitrogens with zero attached hydrogens (tertiary/aromatic N) is 5. The maximum Gasteiger partial charge on any atom is 0.143 e. The van der Waals surface area contributed by atoms with E-state index in [0.29, 0.717) is 21.9 Å². The molecular formula is C24H23N7S. The quantitative estimate of drug-likeness (QED) is 0.495. The Bertz CT molecular complexity index is 1180. The number of hydrogen-bond acceptors (Lipinski definition) is 8. The second kappa shape index (κ2) is 10.1. The van der Waals surface area contributed by atoms with E-state index in [1.165, 1.54) is 18.2 Å². The number of anilines is 3. The maximum absolute atomic E-state index is 9.96. The fourth-order valence-corrected chi connectivity index (χ4v) is 4.99. The molecule has 1 aliphatic carbocycles. The van der Waals surface area contributed by atoms with Gasteiger partial charge in [-0.1, -0.05) is 37.1 Å². The Morgan fingerprint density at radius 1 is 1.00 bits per heavy atom. The molecule has 0 spiro atoms. The van der Waals surface area contributed by atoms with Crippen molar-refractivity contribution < 1.29 is 0 Å². The van der Waals surface area contributed by atoms with Crippen LogP contribution in [-0.2, 0) is 5.75 Å². The fourth-order valence-electron chi connectivity index (χ4n) is 4.08. The molecule has 0 saturated heterocycles. The molecule has 0 unspecified atom stereocenters. The number of nitrogens with one attached hydrogen (secondary N) is 1. The molecule has 1 aliphatic rings. The highest BCUT2D eigenvalue weighted by atomic mass is 32.2. The van der Waals surface area contributed by atoms with Crippen molar-refractivity contribution in [3.63, 3.8) is 0 Å². The predicted molar refractivity (Wildman–Crippen MR) is 125 cm³/mol. The third-order valence-electron chi connectivity index (χ3n) is 5.58. The molecule has 0 amide bonds. The van der Waals surface area contributed by atoms with Crippen LogP contribution in [0.1, 0.15) is 60.4 Å². The van der Waals surface area contributed by atoms with Crippen LogP contribution in [0.25, 0.3) is 0 Å². The highest BCUT2D eigenvalue weighted by molar-refractivity contribution is 7.98. The van der Waals surface area contributed by atoms with Gasteiger partial charge in [-0.3, -0.25) is 4.98 Å². The van der Waals surface area contributed by atoms with Gasteiger partial charge >= 0.3 is 0 Å². The van der Waals surface area contributed by atoms with Gasteiger partial charge in [0.15, 0.2) is 0 Å². The van der Waals surface area contributed by atoms with Gasteiger partial charge < -0.3 is 11.1 Å². The lowest BCUT2D eigenvalue weighted by Crippen LogP contribution is -2.13. The van der Waals surface area contributed by atoms with Crippen LogP contribution < -0.4 is 11.1 Å². The molecule has 160 valence electrons. The SMILES string of the molecule is N#Cc1c(N)nc(SCc2cccc(Nc3ccncc3)n2)c(C#N)c1C1CCCCC1. The Balaban J connectivity index is 1.58. The molecule has 1 fully saturated rings. The molecule has 0 aromatic carbocycles. The lowest BCUT2D eigenvalue weighted by atomic mass is 9.80. The van der Waals surface area contributed by atoms with Crippen molar-refractivity contribution in [1.29, 1.82) is 10.5 Å². The number of nitriles is 2. The molecule has 7 nitrogen and oxygen atoms in total. The molecule has 0 bridgehead atoms. The number of hydrogen-bond donors (Lipinski definition) is 2. The van der Waals surface area contributed by atoms with Crippen LogP contribution in [0.5, 0.6) is 0 Å². The van der Waals surface area contributed by atoms with E-state index in [1.807, 2.05) is 30.3 Å². The summed E-state index contributed by atoms with van der Waals surface area (Å²) in [7, 11) is 0. The first-order valence-electron chi connectivity index (χ1n) is 10.6. The van der Waals surface area contributed by atoms with E-state index in [-0.39, 0.29) is 11.7 Å². The number of rotatable bonds is 6. The van der Waals surface area contributed by atoms with Gasteiger partial charge in [-0.05, 0) is 48.6 Å². The second-order valence-electron chi connectivity index (χ2n) is 7.69. The van der Waals surface area contributed by atoms with Gasteiger partial charge in [-0.2, -0.15) is 10.5 Å². The molecule has 0 radical (unpaired) electrons. The third kappa shape index (κ3) is 4.82. The number of nitrogens with two attached hydrogens (primary N) is 1. The molecule has 3 heterocycles. The van der Waals surface area contributed by atoms with Crippen molar-refractivity contribution >= 4 is 29.1 Å². The molecule has 0 atom stereocenters. The second-order valence-corrected chi connectivity index (χ2v) is 8.65. The molecule has 32 heavy (non-hydrogen) atoms. The van der Waals surface area contributed by atoms with E-state index in [1.54, 1.807) is 12.4 Å². The summed E-state index contributed by atoms with van der Waals surface area (Å²) in [5.74, 6) is 1.65. The largest absolute Gasteiger partial charge is 0.383 e. The Labute approximate surface area is 191 Å². The lowest BCUT2D eigenvalue weighted by Gasteiger charge is -2.25. The minimum atomic E-state index is 0.184. The number of aromatic nitrogens is 3. The van der Waals surface area contributed by atoms with Gasteiger partial charge in [-0.25, -0.2) is 9.97 Å². The summed E-state index contributed by atoms with van der Waals surface area (Å²) in [4.78, 5) is 13.1. The number of pyridine rings is 3. The molecule has 3 N–H and O–H groups in total. The molecule has 8 heteroatoms. The summed E-state index contributed by atoms with van der Waals surface area (Å²) in [6.45, 7) is 0. The van der Waals surface area contributed by atoms with Crippen molar-refractivity contribution in [2.24, 2.45) is 0 Å². The first kappa shape index (κ1) is 21.6. The van der Waals surface area contributed by atoms with E-state index in [2.05, 4.69) is 32.4 Å². The van der Waals surface area contributed by atoms with Crippen molar-refractivity contribution in [3.8, 4) is 12.1 Å². The minimum absolute atomic E-state index is 0.184. The van der Waals surface area contributed by atoms with Crippen LogP contribution in [0, 0.1) is 22.7 Å². The summed E-state index contributed by atoms with van der Waals surface area (Å²) in [5.41, 5.74) is 9.54. The smallest absolute Gasteiger partial charge is 0.143 e. The molecule has 4 rings (SSSR count). The summed E-state index contributed by atoms with van der Waals surface area (Å²) < 4.78 is 0. The van der Waals surface area contributed by atoms with Crippen LogP contribution in [0.4, 0.5) is 17.3 Å². The Hall–Kier alpha value is -3.62. The van der Waals surface area contributed by atoms with Crippen LogP contribution in [0.3, 0.4) is 0 Å². The van der Waals surface area contributed by atoms with Gasteiger partial charge in [0.2, 0.25) is 0 Å². The first-order chi connectivity index (χ1) is 15.7. The van der Waals surface area contributed by atoms with Crippen molar-refractivity contribution in [2.75, 3.05) is 11.1 Å². The van der Waals surface area contributed by atoms with E-state index in [0.717, 1.165) is 48.4 Å².